The van der Waals surface area contributed by atoms with E-state index < -0.39 is 0 Å². The highest BCUT2D eigenvalue weighted by Gasteiger charge is 2.22. The Kier molecular flexibility index (Phi) is 5.55. The maximum absolute atomic E-state index is 12.9. The van der Waals surface area contributed by atoms with Crippen molar-refractivity contribution in [3.05, 3.63) is 58.6 Å². The molecule has 150 valence electrons. The SMILES string of the molecule is Cc1cnc([C@@H](C)NC(=O)c2cc(OC3COC3)cc(-c3ncc(C)s3)c2)cn1. The molecule has 29 heavy (non-hydrogen) atoms. The average Bonchev–Trinajstić information content (AvgIpc) is 3.11. The van der Waals surface area contributed by atoms with Gasteiger partial charge in [0.15, 0.2) is 0 Å². The first-order chi connectivity index (χ1) is 14.0. The molecule has 1 aliphatic rings. The molecular weight excluding hydrogens is 388 g/mol. The van der Waals surface area contributed by atoms with Crippen LogP contribution in [0.3, 0.4) is 0 Å². The standard InChI is InChI=1S/C21H22N4O3S/c1-12-7-23-19(9-22-12)14(3)25-20(26)15-4-16(21-24-8-13(2)29-21)6-17(5-15)28-18-10-27-11-18/h4-9,14,18H,10-11H2,1-3H3,(H,25,26)/t14-/m1/s1. The van der Waals surface area contributed by atoms with E-state index in [0.29, 0.717) is 30.2 Å². The van der Waals surface area contributed by atoms with Crippen LogP contribution in [0.2, 0.25) is 0 Å². The molecule has 0 bridgehead atoms. The summed E-state index contributed by atoms with van der Waals surface area (Å²) in [5, 5.41) is 3.84. The highest BCUT2D eigenvalue weighted by Crippen LogP contribution is 2.30. The van der Waals surface area contributed by atoms with E-state index >= 15 is 0 Å². The molecule has 1 aromatic carbocycles. The molecule has 1 aliphatic heterocycles. The van der Waals surface area contributed by atoms with Gasteiger partial charge in [0, 0.05) is 28.4 Å². The summed E-state index contributed by atoms with van der Waals surface area (Å²) in [5.74, 6) is 0.432. The zero-order valence-corrected chi connectivity index (χ0v) is 17.3. The van der Waals surface area contributed by atoms with Gasteiger partial charge in [0.1, 0.15) is 16.9 Å². The normalized spacial score (nSPS) is 14.9. The van der Waals surface area contributed by atoms with Crippen molar-refractivity contribution in [2.24, 2.45) is 0 Å². The molecule has 0 aliphatic carbocycles. The minimum Gasteiger partial charge on any atom is -0.486 e. The number of rotatable bonds is 6. The van der Waals surface area contributed by atoms with E-state index in [0.717, 1.165) is 21.1 Å². The summed E-state index contributed by atoms with van der Waals surface area (Å²) in [6.45, 7) is 6.89. The molecule has 2 aromatic heterocycles. The molecule has 3 heterocycles. The molecule has 1 saturated heterocycles. The van der Waals surface area contributed by atoms with Crippen LogP contribution in [0.15, 0.2) is 36.8 Å². The summed E-state index contributed by atoms with van der Waals surface area (Å²) in [7, 11) is 0. The second-order valence-corrected chi connectivity index (χ2v) is 8.31. The number of hydrogen-bond acceptors (Lipinski definition) is 7. The third kappa shape index (κ3) is 4.60. The molecule has 7 nitrogen and oxygen atoms in total. The Morgan fingerprint density at radius 3 is 2.62 bits per heavy atom. The highest BCUT2D eigenvalue weighted by atomic mass is 32.1. The van der Waals surface area contributed by atoms with E-state index in [1.165, 1.54) is 0 Å². The van der Waals surface area contributed by atoms with E-state index in [1.54, 1.807) is 29.8 Å². The van der Waals surface area contributed by atoms with E-state index in [-0.39, 0.29) is 18.1 Å². The maximum atomic E-state index is 12.9. The van der Waals surface area contributed by atoms with Gasteiger partial charge < -0.3 is 14.8 Å². The van der Waals surface area contributed by atoms with Crippen molar-refractivity contribution in [2.75, 3.05) is 13.2 Å². The number of nitrogens with one attached hydrogen (secondary N) is 1. The number of benzene rings is 1. The number of nitrogens with zero attached hydrogens (tertiary/aromatic N) is 3. The number of aromatic nitrogens is 3. The molecule has 0 spiro atoms. The van der Waals surface area contributed by atoms with Gasteiger partial charge in [-0.3, -0.25) is 14.8 Å². The van der Waals surface area contributed by atoms with Crippen LogP contribution in [-0.2, 0) is 4.74 Å². The summed E-state index contributed by atoms with van der Waals surface area (Å²) in [6, 6.07) is 5.24. The third-order valence-electron chi connectivity index (χ3n) is 4.54. The molecule has 1 amide bonds. The van der Waals surface area contributed by atoms with Crippen molar-refractivity contribution in [2.45, 2.75) is 32.9 Å². The third-order valence-corrected chi connectivity index (χ3v) is 5.50. The minimum atomic E-state index is -0.272. The molecule has 1 atom stereocenters. The van der Waals surface area contributed by atoms with E-state index in [4.69, 9.17) is 9.47 Å². The van der Waals surface area contributed by atoms with Crippen LogP contribution >= 0.6 is 11.3 Å². The van der Waals surface area contributed by atoms with Crippen LogP contribution in [0, 0.1) is 13.8 Å². The first kappa shape index (κ1) is 19.5. The maximum Gasteiger partial charge on any atom is 0.251 e. The molecule has 0 saturated carbocycles. The van der Waals surface area contributed by atoms with Crippen LogP contribution in [0.5, 0.6) is 5.75 Å². The van der Waals surface area contributed by atoms with Crippen molar-refractivity contribution in [3.8, 4) is 16.3 Å². The van der Waals surface area contributed by atoms with Crippen LogP contribution < -0.4 is 10.1 Å². The van der Waals surface area contributed by atoms with E-state index in [2.05, 4.69) is 20.3 Å². The molecule has 1 fully saturated rings. The van der Waals surface area contributed by atoms with Gasteiger partial charge in [-0.1, -0.05) is 0 Å². The number of hydrogen-bond donors (Lipinski definition) is 1. The van der Waals surface area contributed by atoms with Crippen LogP contribution in [-0.4, -0.2) is 40.2 Å². The van der Waals surface area contributed by atoms with E-state index in [1.807, 2.05) is 39.1 Å². The van der Waals surface area contributed by atoms with Crippen LogP contribution in [0.1, 0.15) is 39.6 Å². The Hall–Kier alpha value is -2.84. The Bertz CT molecular complexity index is 1020. The summed E-state index contributed by atoms with van der Waals surface area (Å²) in [4.78, 5) is 27.1. The molecule has 4 rings (SSSR count). The fraction of sp³-hybridized carbons (Fsp3) is 0.333. The Labute approximate surface area is 173 Å². The lowest BCUT2D eigenvalue weighted by Crippen LogP contribution is -2.38. The largest absolute Gasteiger partial charge is 0.486 e. The number of ether oxygens (including phenoxy) is 2. The zero-order chi connectivity index (χ0) is 20.4. The Balaban J connectivity index is 1.59. The predicted octanol–water partition coefficient (Wildman–Crippen LogP) is 3.49. The first-order valence-electron chi connectivity index (χ1n) is 9.39. The van der Waals surface area contributed by atoms with Gasteiger partial charge in [0.2, 0.25) is 0 Å². The predicted molar refractivity (Wildman–Crippen MR) is 110 cm³/mol. The number of carbonyl (C=O) groups excluding carboxylic acids is 1. The Morgan fingerprint density at radius 2 is 2.00 bits per heavy atom. The molecule has 8 heteroatoms. The lowest BCUT2D eigenvalue weighted by Gasteiger charge is -2.27. The topological polar surface area (TPSA) is 86.2 Å². The minimum absolute atomic E-state index is 0.0148. The first-order valence-corrected chi connectivity index (χ1v) is 10.2. The van der Waals surface area contributed by atoms with Gasteiger partial charge in [-0.2, -0.15) is 0 Å². The number of carbonyl (C=O) groups is 1. The fourth-order valence-corrected chi connectivity index (χ4v) is 3.62. The second kappa shape index (κ2) is 8.26. The van der Waals surface area contributed by atoms with Gasteiger partial charge in [0.25, 0.3) is 5.91 Å². The molecule has 0 unspecified atom stereocenters. The summed E-state index contributed by atoms with van der Waals surface area (Å²) >= 11 is 1.58. The zero-order valence-electron chi connectivity index (χ0n) is 16.5. The van der Waals surface area contributed by atoms with Gasteiger partial charge >= 0.3 is 0 Å². The monoisotopic (exact) mass is 410 g/mol. The quantitative estimate of drug-likeness (QED) is 0.670. The van der Waals surface area contributed by atoms with Gasteiger partial charge in [-0.15, -0.1) is 11.3 Å². The lowest BCUT2D eigenvalue weighted by atomic mass is 10.1. The number of thiazole rings is 1. The lowest BCUT2D eigenvalue weighted by molar-refractivity contribution is -0.0796. The van der Waals surface area contributed by atoms with Crippen molar-refractivity contribution in [1.82, 2.24) is 20.3 Å². The molecular formula is C21H22N4O3S. The van der Waals surface area contributed by atoms with Crippen molar-refractivity contribution in [3.63, 3.8) is 0 Å². The van der Waals surface area contributed by atoms with Crippen molar-refractivity contribution in [1.29, 1.82) is 0 Å². The average molecular weight is 410 g/mol. The Morgan fingerprint density at radius 1 is 1.17 bits per heavy atom. The van der Waals surface area contributed by atoms with Crippen LogP contribution in [0.4, 0.5) is 0 Å². The fourth-order valence-electron chi connectivity index (χ4n) is 2.86. The second-order valence-electron chi connectivity index (χ2n) is 7.08. The summed E-state index contributed by atoms with van der Waals surface area (Å²) < 4.78 is 11.1. The smallest absolute Gasteiger partial charge is 0.251 e. The molecule has 3 aromatic rings. The van der Waals surface area contributed by atoms with Gasteiger partial charge in [-0.25, -0.2) is 4.98 Å². The van der Waals surface area contributed by atoms with Gasteiger partial charge in [0.05, 0.1) is 36.8 Å². The number of amides is 1. The molecule has 0 radical (unpaired) electrons. The van der Waals surface area contributed by atoms with E-state index in [9.17, 15) is 4.79 Å². The van der Waals surface area contributed by atoms with Crippen molar-refractivity contribution < 1.29 is 14.3 Å². The van der Waals surface area contributed by atoms with Gasteiger partial charge in [-0.05, 0) is 39.0 Å². The molecule has 1 N–H and O–H groups in total. The number of aryl methyl sites for hydroxylation is 2. The highest BCUT2D eigenvalue weighted by molar-refractivity contribution is 7.14. The van der Waals surface area contributed by atoms with Crippen LogP contribution in [0.25, 0.3) is 10.6 Å². The summed E-state index contributed by atoms with van der Waals surface area (Å²) in [6.07, 6.45) is 5.21. The van der Waals surface area contributed by atoms with Crippen molar-refractivity contribution >= 4 is 17.2 Å². The summed E-state index contributed by atoms with van der Waals surface area (Å²) in [5.41, 5.74) is 2.91.